The first-order chi connectivity index (χ1) is 9.97. The monoisotopic (exact) mass is 308 g/mol. The lowest BCUT2D eigenvalue weighted by Crippen LogP contribution is -2.39. The highest BCUT2D eigenvalue weighted by molar-refractivity contribution is 7.80. The van der Waals surface area contributed by atoms with E-state index in [9.17, 15) is 4.79 Å². The first-order valence-electron chi connectivity index (χ1n) is 7.04. The lowest BCUT2D eigenvalue weighted by atomic mass is 10.1. The molecule has 0 aliphatic carbocycles. The number of nitrogens with two attached hydrogens (primary N) is 1. The molecule has 2 rings (SSSR count). The Hall–Kier alpha value is -1.76. The Labute approximate surface area is 129 Å². The van der Waals surface area contributed by atoms with Gasteiger partial charge in [-0.05, 0) is 39.2 Å². The third kappa shape index (κ3) is 2.97. The number of hydrogen-bond acceptors (Lipinski definition) is 6. The zero-order valence-electron chi connectivity index (χ0n) is 12.5. The second-order valence-corrected chi connectivity index (χ2v) is 5.52. The van der Waals surface area contributed by atoms with E-state index in [1.54, 1.807) is 6.92 Å². The molecule has 0 bridgehead atoms. The van der Waals surface area contributed by atoms with Crippen LogP contribution in [0.4, 0.5) is 5.82 Å². The number of anilines is 1. The van der Waals surface area contributed by atoms with Crippen molar-refractivity contribution in [1.29, 1.82) is 0 Å². The van der Waals surface area contributed by atoms with Crippen molar-refractivity contribution in [2.24, 2.45) is 5.73 Å². The predicted molar refractivity (Wildman–Crippen MR) is 84.4 cm³/mol. The van der Waals surface area contributed by atoms with Gasteiger partial charge in [-0.1, -0.05) is 12.2 Å². The maximum Gasteiger partial charge on any atom is 0.328 e. The molecule has 1 saturated heterocycles. The Balaban J connectivity index is 2.43. The van der Waals surface area contributed by atoms with Gasteiger partial charge in [0, 0.05) is 6.54 Å². The average molecular weight is 308 g/mol. The fourth-order valence-electron chi connectivity index (χ4n) is 2.60. The van der Waals surface area contributed by atoms with Crippen molar-refractivity contribution in [1.82, 2.24) is 10.2 Å². The molecular weight excluding hydrogens is 288 g/mol. The second-order valence-electron chi connectivity index (χ2n) is 5.08. The minimum absolute atomic E-state index is 0.232. The van der Waals surface area contributed by atoms with Gasteiger partial charge in [0.1, 0.15) is 11.0 Å². The molecule has 1 unspecified atom stereocenters. The lowest BCUT2D eigenvalue weighted by Gasteiger charge is -2.26. The number of rotatable bonds is 4. The van der Waals surface area contributed by atoms with Crippen LogP contribution in [0.1, 0.15) is 36.6 Å². The number of carbonyl (C=O) groups is 1. The fraction of sp³-hybridized carbons (Fsp3) is 0.571. The molecular formula is C14H20N4O2S. The van der Waals surface area contributed by atoms with E-state index < -0.39 is 0 Å². The van der Waals surface area contributed by atoms with E-state index in [1.165, 1.54) is 0 Å². The first kappa shape index (κ1) is 15.6. The maximum atomic E-state index is 12.1. The minimum Gasteiger partial charge on any atom is -0.464 e. The SMILES string of the molecule is CCOC(=O)C1CCCN1c1nnc(C)c(C)c1C(N)=S. The molecule has 0 aromatic carbocycles. The molecule has 0 radical (unpaired) electrons. The number of thiocarbonyl (C=S) groups is 1. The largest absolute Gasteiger partial charge is 0.464 e. The van der Waals surface area contributed by atoms with Gasteiger partial charge in [-0.15, -0.1) is 5.10 Å². The van der Waals surface area contributed by atoms with Crippen molar-refractivity contribution in [3.05, 3.63) is 16.8 Å². The Morgan fingerprint density at radius 2 is 2.19 bits per heavy atom. The highest BCUT2D eigenvalue weighted by Gasteiger charge is 2.35. The first-order valence-corrected chi connectivity index (χ1v) is 7.45. The summed E-state index contributed by atoms with van der Waals surface area (Å²) < 4.78 is 5.14. The average Bonchev–Trinajstić information content (AvgIpc) is 2.90. The van der Waals surface area contributed by atoms with Gasteiger partial charge < -0.3 is 15.4 Å². The van der Waals surface area contributed by atoms with Gasteiger partial charge in [0.2, 0.25) is 0 Å². The van der Waals surface area contributed by atoms with E-state index in [-0.39, 0.29) is 17.0 Å². The van der Waals surface area contributed by atoms with E-state index in [0.717, 1.165) is 30.6 Å². The molecule has 0 spiro atoms. The number of hydrogen-bond donors (Lipinski definition) is 1. The third-order valence-corrected chi connectivity index (χ3v) is 3.97. The molecule has 1 atom stereocenters. The van der Waals surface area contributed by atoms with Crippen molar-refractivity contribution < 1.29 is 9.53 Å². The number of esters is 1. The molecule has 1 aromatic rings. The van der Waals surface area contributed by atoms with Gasteiger partial charge in [-0.25, -0.2) is 4.79 Å². The van der Waals surface area contributed by atoms with Crippen LogP contribution in [-0.2, 0) is 9.53 Å². The molecule has 1 aromatic heterocycles. The van der Waals surface area contributed by atoms with Crippen molar-refractivity contribution >= 4 is 29.0 Å². The predicted octanol–water partition coefficient (Wildman–Crippen LogP) is 1.26. The van der Waals surface area contributed by atoms with Gasteiger partial charge in [0.15, 0.2) is 5.82 Å². The van der Waals surface area contributed by atoms with Crippen LogP contribution < -0.4 is 10.6 Å². The molecule has 7 heteroatoms. The van der Waals surface area contributed by atoms with E-state index in [1.807, 2.05) is 18.7 Å². The summed E-state index contributed by atoms with van der Waals surface area (Å²) in [6, 6.07) is -0.338. The topological polar surface area (TPSA) is 81.3 Å². The summed E-state index contributed by atoms with van der Waals surface area (Å²) in [6.07, 6.45) is 1.64. The molecule has 6 nitrogen and oxygen atoms in total. The van der Waals surface area contributed by atoms with Crippen LogP contribution in [0.25, 0.3) is 0 Å². The van der Waals surface area contributed by atoms with Crippen LogP contribution in [-0.4, -0.2) is 40.3 Å². The summed E-state index contributed by atoms with van der Waals surface area (Å²) >= 11 is 5.15. The van der Waals surface area contributed by atoms with Gasteiger partial charge in [-0.3, -0.25) is 0 Å². The van der Waals surface area contributed by atoms with Gasteiger partial charge >= 0.3 is 5.97 Å². The quantitative estimate of drug-likeness (QED) is 0.662. The maximum absolute atomic E-state index is 12.1. The van der Waals surface area contributed by atoms with E-state index in [2.05, 4.69) is 10.2 Å². The van der Waals surface area contributed by atoms with Crippen LogP contribution >= 0.6 is 12.2 Å². The van der Waals surface area contributed by atoms with Gasteiger partial charge in [-0.2, -0.15) is 5.10 Å². The summed E-state index contributed by atoms with van der Waals surface area (Å²) in [7, 11) is 0. The Bertz CT molecular complexity index is 576. The number of aryl methyl sites for hydroxylation is 1. The number of ether oxygens (including phenoxy) is 1. The van der Waals surface area contributed by atoms with E-state index in [0.29, 0.717) is 18.0 Å². The van der Waals surface area contributed by atoms with Gasteiger partial charge in [0.05, 0.1) is 17.9 Å². The highest BCUT2D eigenvalue weighted by atomic mass is 32.1. The van der Waals surface area contributed by atoms with E-state index in [4.69, 9.17) is 22.7 Å². The molecule has 1 aliphatic heterocycles. The van der Waals surface area contributed by atoms with Crippen molar-refractivity contribution in [2.75, 3.05) is 18.1 Å². The van der Waals surface area contributed by atoms with Crippen LogP contribution in [0, 0.1) is 13.8 Å². The number of carbonyl (C=O) groups excluding carboxylic acids is 1. The Kier molecular flexibility index (Phi) is 4.72. The molecule has 2 N–H and O–H groups in total. The lowest BCUT2D eigenvalue weighted by molar-refractivity contribution is -0.144. The molecule has 2 heterocycles. The molecule has 114 valence electrons. The minimum atomic E-state index is -0.338. The number of nitrogens with zero attached hydrogens (tertiary/aromatic N) is 3. The normalized spacial score (nSPS) is 17.9. The van der Waals surface area contributed by atoms with Crippen LogP contribution in [0.15, 0.2) is 0 Å². The smallest absolute Gasteiger partial charge is 0.328 e. The van der Waals surface area contributed by atoms with Crippen LogP contribution in [0.3, 0.4) is 0 Å². The Morgan fingerprint density at radius 1 is 1.48 bits per heavy atom. The van der Waals surface area contributed by atoms with Crippen molar-refractivity contribution in [2.45, 2.75) is 39.7 Å². The molecule has 21 heavy (non-hydrogen) atoms. The summed E-state index contributed by atoms with van der Waals surface area (Å²) in [6.45, 7) is 6.66. The molecule has 1 fully saturated rings. The zero-order chi connectivity index (χ0) is 15.6. The molecule has 0 saturated carbocycles. The highest BCUT2D eigenvalue weighted by Crippen LogP contribution is 2.29. The van der Waals surface area contributed by atoms with Crippen LogP contribution in [0.5, 0.6) is 0 Å². The fourth-order valence-corrected chi connectivity index (χ4v) is 2.84. The molecule has 0 amide bonds. The van der Waals surface area contributed by atoms with Gasteiger partial charge in [0.25, 0.3) is 0 Å². The third-order valence-electron chi connectivity index (χ3n) is 3.77. The summed E-state index contributed by atoms with van der Waals surface area (Å²) in [5.74, 6) is 0.352. The van der Waals surface area contributed by atoms with Crippen LogP contribution in [0.2, 0.25) is 0 Å². The van der Waals surface area contributed by atoms with E-state index >= 15 is 0 Å². The Morgan fingerprint density at radius 3 is 2.81 bits per heavy atom. The summed E-state index contributed by atoms with van der Waals surface area (Å²) in [5, 5.41) is 8.38. The van der Waals surface area contributed by atoms with Crippen molar-refractivity contribution in [3.63, 3.8) is 0 Å². The standard InChI is InChI=1S/C14H20N4O2S/c1-4-20-14(19)10-6-5-7-18(10)13-11(12(15)21)8(2)9(3)16-17-13/h10H,4-7H2,1-3H3,(H2,15,21). The number of aromatic nitrogens is 2. The van der Waals surface area contributed by atoms with Crippen molar-refractivity contribution in [3.8, 4) is 0 Å². The summed E-state index contributed by atoms with van der Waals surface area (Å²) in [5.41, 5.74) is 8.25. The second kappa shape index (κ2) is 6.34. The zero-order valence-corrected chi connectivity index (χ0v) is 13.4. The molecule has 1 aliphatic rings. The summed E-state index contributed by atoms with van der Waals surface area (Å²) in [4.78, 5) is 14.3.